The number of nitrogens with zero attached hydrogens (tertiary/aromatic N) is 3. The highest BCUT2D eigenvalue weighted by Crippen LogP contribution is 2.31. The van der Waals surface area contributed by atoms with Crippen LogP contribution in [-0.4, -0.2) is 38.3 Å². The summed E-state index contributed by atoms with van der Waals surface area (Å²) in [6.07, 6.45) is 0. The highest BCUT2D eigenvalue weighted by Gasteiger charge is 2.24. The Kier molecular flexibility index (Phi) is 5.69. The molecule has 0 aliphatic heterocycles. The summed E-state index contributed by atoms with van der Waals surface area (Å²) in [6.45, 7) is 4.97. The van der Waals surface area contributed by atoms with Crippen LogP contribution in [0, 0.1) is 13.8 Å². The second-order valence-corrected chi connectivity index (χ2v) is 8.72. The van der Waals surface area contributed by atoms with Crippen molar-refractivity contribution >= 4 is 44.6 Å². The molecule has 0 fully saturated rings. The molecule has 0 aliphatic carbocycles. The third-order valence-corrected chi connectivity index (χ3v) is 6.44. The largest absolute Gasteiger partial charge is 0.462 e. The highest BCUT2D eigenvalue weighted by atomic mass is 32.1. The van der Waals surface area contributed by atoms with Crippen molar-refractivity contribution in [2.75, 3.05) is 6.61 Å². The van der Waals surface area contributed by atoms with E-state index in [2.05, 4.69) is 15.1 Å². The quantitative estimate of drug-likeness (QED) is 0.351. The predicted molar refractivity (Wildman–Crippen MR) is 128 cm³/mol. The Morgan fingerprint density at radius 3 is 2.66 bits per heavy atom. The number of furan rings is 1. The van der Waals surface area contributed by atoms with Gasteiger partial charge >= 0.3 is 11.9 Å². The van der Waals surface area contributed by atoms with Gasteiger partial charge in [-0.1, -0.05) is 18.2 Å². The van der Waals surface area contributed by atoms with E-state index in [9.17, 15) is 14.4 Å². The van der Waals surface area contributed by atoms with Crippen LogP contribution in [0.15, 0.2) is 45.6 Å². The number of carbonyl (C=O) groups is 2. The van der Waals surface area contributed by atoms with Gasteiger partial charge < -0.3 is 18.9 Å². The number of aromatic nitrogens is 4. The van der Waals surface area contributed by atoms with Crippen LogP contribution >= 0.6 is 11.3 Å². The molecule has 5 aromatic rings. The molecular formula is C24H20N4O6S. The first-order valence-corrected chi connectivity index (χ1v) is 11.6. The van der Waals surface area contributed by atoms with Crippen molar-refractivity contribution in [3.8, 4) is 5.69 Å². The first kappa shape index (κ1) is 22.5. The molecule has 10 nitrogen and oxygen atoms in total. The fourth-order valence-corrected chi connectivity index (χ4v) is 4.85. The Morgan fingerprint density at radius 1 is 1.14 bits per heavy atom. The van der Waals surface area contributed by atoms with Crippen molar-refractivity contribution in [1.29, 1.82) is 0 Å². The lowest BCUT2D eigenvalue weighted by atomic mass is 10.2. The number of hydrogen-bond acceptors (Lipinski definition) is 9. The van der Waals surface area contributed by atoms with Gasteiger partial charge in [0, 0.05) is 5.39 Å². The lowest BCUT2D eigenvalue weighted by Crippen LogP contribution is -2.16. The van der Waals surface area contributed by atoms with Crippen LogP contribution in [0.2, 0.25) is 0 Å². The maximum absolute atomic E-state index is 12.8. The Morgan fingerprint density at radius 2 is 1.91 bits per heavy atom. The number of rotatable bonds is 6. The number of hydrogen-bond donors (Lipinski definition) is 1. The van der Waals surface area contributed by atoms with E-state index >= 15 is 0 Å². The zero-order valence-electron chi connectivity index (χ0n) is 19.1. The minimum absolute atomic E-state index is 0.00137. The Balaban J connectivity index is 1.39. The molecule has 0 unspecified atom stereocenters. The molecule has 0 bridgehead atoms. The van der Waals surface area contributed by atoms with E-state index in [0.717, 1.165) is 21.6 Å². The van der Waals surface area contributed by atoms with Gasteiger partial charge in [0.15, 0.2) is 5.82 Å². The monoisotopic (exact) mass is 492 g/mol. The molecule has 178 valence electrons. The maximum Gasteiger partial charge on any atom is 0.348 e. The number of aryl methyl sites for hydroxylation is 2. The fourth-order valence-electron chi connectivity index (χ4n) is 3.78. The zero-order chi connectivity index (χ0) is 24.7. The summed E-state index contributed by atoms with van der Waals surface area (Å²) in [6, 6.07) is 11.4. The zero-order valence-corrected chi connectivity index (χ0v) is 19.9. The maximum atomic E-state index is 12.8. The van der Waals surface area contributed by atoms with Gasteiger partial charge in [-0.3, -0.25) is 4.79 Å². The van der Waals surface area contributed by atoms with E-state index in [-0.39, 0.29) is 41.5 Å². The molecule has 1 aromatic carbocycles. The Bertz CT molecular complexity index is 1640. The molecule has 0 saturated heterocycles. The van der Waals surface area contributed by atoms with Crippen LogP contribution in [0.1, 0.15) is 44.2 Å². The third kappa shape index (κ3) is 3.99. The molecule has 0 radical (unpaired) electrons. The number of H-pyrrole nitrogens is 1. The smallest absolute Gasteiger partial charge is 0.348 e. The Hall–Kier alpha value is -4.25. The molecule has 0 atom stereocenters. The van der Waals surface area contributed by atoms with E-state index in [0.29, 0.717) is 4.88 Å². The van der Waals surface area contributed by atoms with E-state index in [1.807, 2.05) is 37.3 Å². The predicted octanol–water partition coefficient (Wildman–Crippen LogP) is 4.07. The summed E-state index contributed by atoms with van der Waals surface area (Å²) in [5.74, 6) is -0.911. The second-order valence-electron chi connectivity index (χ2n) is 7.68. The summed E-state index contributed by atoms with van der Waals surface area (Å²) >= 11 is 1.27. The SMILES string of the molecule is CCOC(=O)c1c(C)oc2nc(COC(=O)c3cc4c(C)nn(-c5ccccc5)c4s3)[nH]c(=O)c12. The molecular weight excluding hydrogens is 472 g/mol. The van der Waals surface area contributed by atoms with Crippen molar-refractivity contribution in [2.24, 2.45) is 0 Å². The van der Waals surface area contributed by atoms with Crippen LogP contribution in [0.3, 0.4) is 0 Å². The van der Waals surface area contributed by atoms with Gasteiger partial charge in [-0.2, -0.15) is 10.1 Å². The standard InChI is InChI=1S/C24H20N4O6S/c1-4-32-24(31)18-13(3)34-21-19(18)20(29)25-17(26-21)11-33-23(30)16-10-15-12(2)27-28(22(15)35-16)14-8-6-5-7-9-14/h5-10H,4,11H2,1-3H3,(H,25,26,29). The van der Waals surface area contributed by atoms with Crippen molar-refractivity contribution < 1.29 is 23.5 Å². The van der Waals surface area contributed by atoms with E-state index in [1.54, 1.807) is 24.6 Å². The summed E-state index contributed by atoms with van der Waals surface area (Å²) in [5, 5.41) is 5.43. The number of thiophene rings is 1. The van der Waals surface area contributed by atoms with Gasteiger partial charge in [0.25, 0.3) is 5.56 Å². The van der Waals surface area contributed by atoms with Gasteiger partial charge in [0.1, 0.15) is 33.0 Å². The van der Waals surface area contributed by atoms with Gasteiger partial charge in [0.05, 0.1) is 18.0 Å². The minimum atomic E-state index is -0.663. The molecule has 0 aliphatic rings. The van der Waals surface area contributed by atoms with E-state index in [4.69, 9.17) is 13.9 Å². The molecule has 4 aromatic heterocycles. The number of nitrogens with one attached hydrogen (secondary N) is 1. The molecule has 0 amide bonds. The van der Waals surface area contributed by atoms with Crippen LogP contribution in [0.25, 0.3) is 27.0 Å². The summed E-state index contributed by atoms with van der Waals surface area (Å²) in [4.78, 5) is 45.6. The third-order valence-electron chi connectivity index (χ3n) is 5.35. The number of para-hydroxylation sites is 1. The average Bonchev–Trinajstić information content (AvgIpc) is 3.51. The minimum Gasteiger partial charge on any atom is -0.462 e. The number of carbonyl (C=O) groups excluding carboxylic acids is 2. The number of esters is 2. The van der Waals surface area contributed by atoms with E-state index in [1.165, 1.54) is 11.3 Å². The Labute approximate surface area is 202 Å². The van der Waals surface area contributed by atoms with Crippen LogP contribution in [0.5, 0.6) is 0 Å². The average molecular weight is 493 g/mol. The first-order valence-electron chi connectivity index (χ1n) is 10.8. The lowest BCUT2D eigenvalue weighted by molar-refractivity contribution is 0.0466. The van der Waals surface area contributed by atoms with Crippen molar-refractivity contribution in [1.82, 2.24) is 19.7 Å². The van der Waals surface area contributed by atoms with Crippen molar-refractivity contribution in [2.45, 2.75) is 27.4 Å². The van der Waals surface area contributed by atoms with Crippen LogP contribution < -0.4 is 5.56 Å². The van der Waals surface area contributed by atoms with Crippen molar-refractivity contribution in [3.05, 3.63) is 74.5 Å². The van der Waals surface area contributed by atoms with Crippen LogP contribution in [0.4, 0.5) is 0 Å². The number of aromatic amines is 1. The van der Waals surface area contributed by atoms with Gasteiger partial charge in [-0.15, -0.1) is 11.3 Å². The first-order chi connectivity index (χ1) is 16.9. The second kappa shape index (κ2) is 8.84. The van der Waals surface area contributed by atoms with Crippen LogP contribution in [-0.2, 0) is 16.1 Å². The van der Waals surface area contributed by atoms with Gasteiger partial charge in [0.2, 0.25) is 5.71 Å². The summed E-state index contributed by atoms with van der Waals surface area (Å²) in [7, 11) is 0. The number of fused-ring (bicyclic) bond motifs is 2. The van der Waals surface area contributed by atoms with Crippen molar-refractivity contribution in [3.63, 3.8) is 0 Å². The van der Waals surface area contributed by atoms with E-state index < -0.39 is 17.5 Å². The molecule has 11 heteroatoms. The molecule has 1 N–H and O–H groups in total. The number of benzene rings is 1. The fraction of sp³-hybridized carbons (Fsp3) is 0.208. The van der Waals surface area contributed by atoms with Gasteiger partial charge in [-0.25, -0.2) is 14.3 Å². The summed E-state index contributed by atoms with van der Waals surface area (Å²) < 4.78 is 17.7. The topological polar surface area (TPSA) is 129 Å². The normalized spacial score (nSPS) is 11.3. The lowest BCUT2D eigenvalue weighted by Gasteiger charge is -2.03. The van der Waals surface area contributed by atoms with Gasteiger partial charge in [-0.05, 0) is 39.0 Å². The highest BCUT2D eigenvalue weighted by molar-refractivity contribution is 7.20. The molecule has 0 spiro atoms. The molecule has 0 saturated carbocycles. The summed E-state index contributed by atoms with van der Waals surface area (Å²) in [5.41, 5.74) is 1.11. The molecule has 35 heavy (non-hydrogen) atoms. The molecule has 4 heterocycles. The molecule has 5 rings (SSSR count). The number of ether oxygens (including phenoxy) is 2.